The summed E-state index contributed by atoms with van der Waals surface area (Å²) in [5.41, 5.74) is 0.532. The molecule has 0 amide bonds. The minimum absolute atomic E-state index is 0.179. The molecule has 2 heteroatoms. The largest absolute Gasteiger partial charge is 0.390 e. The Hall–Kier alpha value is -0.630. The highest BCUT2D eigenvalue weighted by molar-refractivity contribution is 5.91. The molecule has 0 bridgehead atoms. The maximum atomic E-state index is 11.5. The highest BCUT2D eigenvalue weighted by Crippen LogP contribution is 2.46. The molecule has 0 spiro atoms. The Morgan fingerprint density at radius 3 is 2.62 bits per heavy atom. The fraction of sp³-hybridized carbons (Fsp3) is 0.786. The van der Waals surface area contributed by atoms with Gasteiger partial charge in [-0.25, -0.2) is 0 Å². The van der Waals surface area contributed by atoms with E-state index in [-0.39, 0.29) is 11.7 Å². The van der Waals surface area contributed by atoms with E-state index in [1.165, 1.54) is 12.0 Å². The topological polar surface area (TPSA) is 37.3 Å². The lowest BCUT2D eigenvalue weighted by atomic mass is 9.63. The van der Waals surface area contributed by atoms with Crippen LogP contribution in [0, 0.1) is 17.8 Å². The van der Waals surface area contributed by atoms with E-state index in [4.69, 9.17) is 0 Å². The Labute approximate surface area is 97.7 Å². The van der Waals surface area contributed by atoms with Gasteiger partial charge in [-0.1, -0.05) is 12.5 Å². The van der Waals surface area contributed by atoms with E-state index >= 15 is 0 Å². The summed E-state index contributed by atoms with van der Waals surface area (Å²) in [6, 6.07) is 0. The van der Waals surface area contributed by atoms with Gasteiger partial charge in [-0.15, -0.1) is 0 Å². The highest BCUT2D eigenvalue weighted by atomic mass is 16.3. The maximum Gasteiger partial charge on any atom is 0.155 e. The number of allylic oxidation sites excluding steroid dienone is 1. The van der Waals surface area contributed by atoms with Crippen molar-refractivity contribution >= 4 is 5.78 Å². The van der Waals surface area contributed by atoms with Crippen LogP contribution in [-0.4, -0.2) is 16.5 Å². The lowest BCUT2D eigenvalue weighted by molar-refractivity contribution is -0.115. The summed E-state index contributed by atoms with van der Waals surface area (Å²) < 4.78 is 0. The zero-order valence-corrected chi connectivity index (χ0v) is 10.5. The van der Waals surface area contributed by atoms with Gasteiger partial charge in [-0.3, -0.25) is 4.79 Å². The average molecular weight is 222 g/mol. The molecule has 16 heavy (non-hydrogen) atoms. The monoisotopic (exact) mass is 222 g/mol. The molecule has 90 valence electrons. The maximum absolute atomic E-state index is 11.5. The minimum Gasteiger partial charge on any atom is -0.390 e. The molecule has 1 fully saturated rings. The third-order valence-corrected chi connectivity index (χ3v) is 4.31. The van der Waals surface area contributed by atoms with E-state index in [1.54, 1.807) is 0 Å². The van der Waals surface area contributed by atoms with Crippen LogP contribution in [0.3, 0.4) is 0 Å². The first-order chi connectivity index (χ1) is 7.39. The van der Waals surface area contributed by atoms with Gasteiger partial charge in [0.05, 0.1) is 5.60 Å². The second-order valence-electron chi connectivity index (χ2n) is 6.02. The fourth-order valence-electron chi connectivity index (χ4n) is 3.36. The molecule has 1 N–H and O–H groups in total. The second-order valence-corrected chi connectivity index (χ2v) is 6.02. The van der Waals surface area contributed by atoms with E-state index in [2.05, 4.69) is 6.92 Å². The van der Waals surface area contributed by atoms with Crippen LogP contribution in [0.1, 0.15) is 46.5 Å². The molecule has 0 heterocycles. The van der Waals surface area contributed by atoms with Crippen molar-refractivity contribution in [3.63, 3.8) is 0 Å². The van der Waals surface area contributed by atoms with Crippen molar-refractivity contribution in [2.45, 2.75) is 52.1 Å². The van der Waals surface area contributed by atoms with E-state index < -0.39 is 5.60 Å². The van der Waals surface area contributed by atoms with E-state index in [1.807, 2.05) is 19.9 Å². The number of ketones is 1. The Morgan fingerprint density at radius 1 is 1.31 bits per heavy atom. The van der Waals surface area contributed by atoms with E-state index in [0.29, 0.717) is 18.3 Å². The first-order valence-electron chi connectivity index (χ1n) is 6.36. The third-order valence-electron chi connectivity index (χ3n) is 4.31. The van der Waals surface area contributed by atoms with E-state index in [9.17, 15) is 9.90 Å². The number of fused-ring (bicyclic) bond motifs is 1. The summed E-state index contributed by atoms with van der Waals surface area (Å²) in [4.78, 5) is 11.5. The molecule has 0 saturated heterocycles. The molecule has 0 aromatic rings. The van der Waals surface area contributed by atoms with Crippen LogP contribution < -0.4 is 0 Å². The van der Waals surface area contributed by atoms with Crippen LogP contribution in [0.5, 0.6) is 0 Å². The summed E-state index contributed by atoms with van der Waals surface area (Å²) in [5.74, 6) is 1.62. The second kappa shape index (κ2) is 3.99. The average Bonchev–Trinajstić information content (AvgIpc) is 2.15. The molecule has 2 aliphatic carbocycles. The number of rotatable bonds is 1. The lowest BCUT2D eigenvalue weighted by Crippen LogP contribution is -2.40. The molecule has 3 atom stereocenters. The van der Waals surface area contributed by atoms with Crippen molar-refractivity contribution in [2.24, 2.45) is 17.8 Å². The molecule has 0 radical (unpaired) electrons. The van der Waals surface area contributed by atoms with Crippen molar-refractivity contribution in [2.75, 3.05) is 0 Å². The number of hydrogen-bond donors (Lipinski definition) is 1. The summed E-state index contributed by atoms with van der Waals surface area (Å²) in [6.07, 6.45) is 5.69. The standard InChI is InChI=1S/C14H22O2/c1-9-4-7-13(14(2,3)16)12-8-10(15)5-6-11(9)12/h8-9,11,13,16H,4-7H2,1-3H3/t9-,11+,13-/m1/s1. The summed E-state index contributed by atoms with van der Waals surface area (Å²) in [5, 5.41) is 10.2. The van der Waals surface area contributed by atoms with Crippen LogP contribution in [0.2, 0.25) is 0 Å². The van der Waals surface area contributed by atoms with Crippen molar-refractivity contribution in [3.05, 3.63) is 11.6 Å². The van der Waals surface area contributed by atoms with Crippen LogP contribution in [0.15, 0.2) is 11.6 Å². The van der Waals surface area contributed by atoms with Crippen molar-refractivity contribution in [3.8, 4) is 0 Å². The molecular weight excluding hydrogens is 200 g/mol. The number of carbonyl (C=O) groups is 1. The van der Waals surface area contributed by atoms with Gasteiger partial charge in [-0.2, -0.15) is 0 Å². The van der Waals surface area contributed by atoms with Crippen molar-refractivity contribution in [1.82, 2.24) is 0 Å². The zero-order chi connectivity index (χ0) is 11.9. The fourth-order valence-corrected chi connectivity index (χ4v) is 3.36. The van der Waals surface area contributed by atoms with Gasteiger partial charge in [0, 0.05) is 12.3 Å². The van der Waals surface area contributed by atoms with Crippen LogP contribution in [0.25, 0.3) is 0 Å². The molecule has 0 aromatic heterocycles. The van der Waals surface area contributed by atoms with Gasteiger partial charge < -0.3 is 5.11 Å². The smallest absolute Gasteiger partial charge is 0.155 e. The quantitative estimate of drug-likeness (QED) is 0.740. The van der Waals surface area contributed by atoms with Gasteiger partial charge in [0.1, 0.15) is 0 Å². The van der Waals surface area contributed by atoms with Gasteiger partial charge in [-0.05, 0) is 51.0 Å². The van der Waals surface area contributed by atoms with Gasteiger partial charge in [0.2, 0.25) is 0 Å². The van der Waals surface area contributed by atoms with Crippen LogP contribution >= 0.6 is 0 Å². The van der Waals surface area contributed by atoms with Crippen LogP contribution in [-0.2, 0) is 4.79 Å². The van der Waals surface area contributed by atoms with Crippen molar-refractivity contribution in [1.29, 1.82) is 0 Å². The van der Waals surface area contributed by atoms with Gasteiger partial charge in [0.25, 0.3) is 0 Å². The minimum atomic E-state index is -0.693. The lowest BCUT2D eigenvalue weighted by Gasteiger charge is -2.43. The summed E-state index contributed by atoms with van der Waals surface area (Å²) in [7, 11) is 0. The first kappa shape index (κ1) is 11.8. The number of aliphatic hydroxyl groups is 1. The molecule has 2 nitrogen and oxygen atoms in total. The van der Waals surface area contributed by atoms with Gasteiger partial charge in [0.15, 0.2) is 5.78 Å². The predicted octanol–water partition coefficient (Wildman–Crippen LogP) is 2.71. The van der Waals surface area contributed by atoms with Gasteiger partial charge >= 0.3 is 0 Å². The Balaban J connectivity index is 2.32. The molecule has 2 aliphatic rings. The summed E-state index contributed by atoms with van der Waals surface area (Å²) in [6.45, 7) is 6.00. The van der Waals surface area contributed by atoms with E-state index in [0.717, 1.165) is 12.8 Å². The molecular formula is C14H22O2. The number of carbonyl (C=O) groups excluding carboxylic acids is 1. The zero-order valence-electron chi connectivity index (χ0n) is 10.5. The van der Waals surface area contributed by atoms with Crippen molar-refractivity contribution < 1.29 is 9.90 Å². The molecule has 2 rings (SSSR count). The Morgan fingerprint density at radius 2 is 2.00 bits per heavy atom. The number of hydrogen-bond acceptors (Lipinski definition) is 2. The highest BCUT2D eigenvalue weighted by Gasteiger charge is 2.40. The SMILES string of the molecule is C[C@@H]1CC[C@@H](C(C)(C)O)C2=CC(=O)CC[C@H]21. The summed E-state index contributed by atoms with van der Waals surface area (Å²) >= 11 is 0. The van der Waals surface area contributed by atoms with Crippen LogP contribution in [0.4, 0.5) is 0 Å². The molecule has 0 unspecified atom stereocenters. The Kier molecular flexibility index (Phi) is 2.95. The third kappa shape index (κ3) is 2.08. The predicted molar refractivity (Wildman–Crippen MR) is 64.0 cm³/mol. The molecule has 0 aliphatic heterocycles. The molecule has 0 aromatic carbocycles. The normalized spacial score (nSPS) is 35.6. The Bertz CT molecular complexity index is 322. The first-order valence-corrected chi connectivity index (χ1v) is 6.36. The molecule has 1 saturated carbocycles.